The molecule has 1 unspecified atom stereocenters. The Labute approximate surface area is 122 Å². The molecule has 2 amide bonds. The van der Waals surface area contributed by atoms with Gasteiger partial charge in [0.2, 0.25) is 5.91 Å². The Hall–Kier alpha value is -2.36. The van der Waals surface area contributed by atoms with Crippen molar-refractivity contribution in [3.8, 4) is 0 Å². The van der Waals surface area contributed by atoms with Gasteiger partial charge in [-0.15, -0.1) is 0 Å². The lowest BCUT2D eigenvalue weighted by Gasteiger charge is -2.22. The quantitative estimate of drug-likeness (QED) is 0.743. The van der Waals surface area contributed by atoms with Crippen molar-refractivity contribution in [2.24, 2.45) is 0 Å². The van der Waals surface area contributed by atoms with Crippen LogP contribution < -0.4 is 4.90 Å². The zero-order chi connectivity index (χ0) is 14.6. The van der Waals surface area contributed by atoms with E-state index in [0.29, 0.717) is 12.1 Å². The van der Waals surface area contributed by atoms with E-state index in [0.717, 1.165) is 29.3 Å². The fourth-order valence-corrected chi connectivity index (χ4v) is 3.44. The maximum Gasteiger partial charge on any atom is 0.256 e. The van der Waals surface area contributed by atoms with Gasteiger partial charge in [-0.25, -0.2) is 0 Å². The normalized spacial score (nSPS) is 21.5. The molecule has 2 heterocycles. The highest BCUT2D eigenvalue weighted by atomic mass is 16.2. The zero-order valence-electron chi connectivity index (χ0n) is 11.9. The number of likely N-dealkylation sites (N-methyl/N-ethyl adjacent to an activating group) is 1. The molecule has 4 nitrogen and oxygen atoms in total. The molecule has 0 aliphatic carbocycles. The lowest BCUT2D eigenvalue weighted by Crippen LogP contribution is -2.43. The number of carbonyl (C=O) groups is 2. The first kappa shape index (κ1) is 12.4. The maximum atomic E-state index is 12.8. The minimum absolute atomic E-state index is 0.0176. The van der Waals surface area contributed by atoms with Gasteiger partial charge in [0.15, 0.2) is 0 Å². The van der Waals surface area contributed by atoms with Crippen LogP contribution in [-0.2, 0) is 4.79 Å². The van der Waals surface area contributed by atoms with E-state index in [1.165, 1.54) is 0 Å². The molecular weight excluding hydrogens is 264 g/mol. The van der Waals surface area contributed by atoms with Crippen LogP contribution >= 0.6 is 0 Å². The van der Waals surface area contributed by atoms with Crippen LogP contribution in [0.25, 0.3) is 10.8 Å². The molecule has 1 atom stereocenters. The molecule has 4 rings (SSSR count). The summed E-state index contributed by atoms with van der Waals surface area (Å²) in [7, 11) is 1.77. The van der Waals surface area contributed by atoms with E-state index in [1.807, 2.05) is 36.4 Å². The van der Waals surface area contributed by atoms with Gasteiger partial charge in [-0.05, 0) is 35.7 Å². The summed E-state index contributed by atoms with van der Waals surface area (Å²) in [6, 6.07) is 11.5. The standard InChI is InChI=1S/C17H16N2O2/c1-18-15-10-12-6-3-2-5-11(12)9-13(15)16(20)19-8-4-7-14(19)17(18)21/h2-3,5-6,9-10,14H,4,7-8H2,1H3. The number of amides is 2. The molecule has 2 aliphatic rings. The number of hydrogen-bond donors (Lipinski definition) is 0. The number of anilines is 1. The van der Waals surface area contributed by atoms with Gasteiger partial charge in [0.05, 0.1) is 11.3 Å². The van der Waals surface area contributed by atoms with Crippen molar-refractivity contribution in [1.82, 2.24) is 4.90 Å². The molecule has 4 heteroatoms. The van der Waals surface area contributed by atoms with Crippen LogP contribution in [0, 0.1) is 0 Å². The van der Waals surface area contributed by atoms with Crippen LogP contribution in [0.5, 0.6) is 0 Å². The number of fused-ring (bicyclic) bond motifs is 3. The lowest BCUT2D eigenvalue weighted by molar-refractivity contribution is -0.121. The lowest BCUT2D eigenvalue weighted by atomic mass is 10.0. The maximum absolute atomic E-state index is 12.8. The Morgan fingerprint density at radius 2 is 1.81 bits per heavy atom. The van der Waals surface area contributed by atoms with Crippen molar-refractivity contribution in [3.63, 3.8) is 0 Å². The SMILES string of the molecule is CN1C(=O)C2CCCN2C(=O)c2cc3ccccc3cc21. The highest BCUT2D eigenvalue weighted by Crippen LogP contribution is 2.34. The predicted octanol–water partition coefficient (Wildman–Crippen LogP) is 2.42. The molecule has 2 aromatic carbocycles. The molecule has 0 aromatic heterocycles. The van der Waals surface area contributed by atoms with Gasteiger partial charge in [-0.1, -0.05) is 24.3 Å². The predicted molar refractivity (Wildman–Crippen MR) is 81.4 cm³/mol. The number of hydrogen-bond acceptors (Lipinski definition) is 2. The molecule has 0 saturated carbocycles. The summed E-state index contributed by atoms with van der Waals surface area (Å²) >= 11 is 0. The van der Waals surface area contributed by atoms with Crippen LogP contribution in [0.4, 0.5) is 5.69 Å². The van der Waals surface area contributed by atoms with E-state index < -0.39 is 0 Å². The summed E-state index contributed by atoms with van der Waals surface area (Å²) in [5.41, 5.74) is 1.35. The topological polar surface area (TPSA) is 40.6 Å². The highest BCUT2D eigenvalue weighted by Gasteiger charge is 2.40. The minimum Gasteiger partial charge on any atom is -0.327 e. The summed E-state index contributed by atoms with van der Waals surface area (Å²) in [4.78, 5) is 28.8. The summed E-state index contributed by atoms with van der Waals surface area (Å²) in [5.74, 6) is 0.00540. The third-order valence-corrected chi connectivity index (χ3v) is 4.59. The van der Waals surface area contributed by atoms with E-state index in [2.05, 4.69) is 0 Å². The number of rotatable bonds is 0. The second-order valence-corrected chi connectivity index (χ2v) is 5.77. The third kappa shape index (κ3) is 1.68. The van der Waals surface area contributed by atoms with Crippen molar-refractivity contribution in [2.75, 3.05) is 18.5 Å². The number of benzene rings is 2. The second kappa shape index (κ2) is 4.32. The van der Waals surface area contributed by atoms with Crippen molar-refractivity contribution in [1.29, 1.82) is 0 Å². The third-order valence-electron chi connectivity index (χ3n) is 4.59. The first-order valence-electron chi connectivity index (χ1n) is 7.28. The van der Waals surface area contributed by atoms with Gasteiger partial charge in [0.1, 0.15) is 6.04 Å². The summed E-state index contributed by atoms with van der Waals surface area (Å²) in [5, 5.41) is 2.08. The van der Waals surface area contributed by atoms with Crippen molar-refractivity contribution in [3.05, 3.63) is 42.0 Å². The first-order valence-corrected chi connectivity index (χ1v) is 7.28. The molecule has 2 aliphatic heterocycles. The number of nitrogens with zero attached hydrogens (tertiary/aromatic N) is 2. The zero-order valence-corrected chi connectivity index (χ0v) is 11.9. The van der Waals surface area contributed by atoms with Gasteiger partial charge < -0.3 is 9.80 Å². The van der Waals surface area contributed by atoms with Crippen molar-refractivity contribution in [2.45, 2.75) is 18.9 Å². The average Bonchev–Trinajstić information content (AvgIpc) is 2.98. The van der Waals surface area contributed by atoms with Crippen molar-refractivity contribution < 1.29 is 9.59 Å². The van der Waals surface area contributed by atoms with Crippen LogP contribution in [0.15, 0.2) is 36.4 Å². The monoisotopic (exact) mass is 280 g/mol. The first-order chi connectivity index (χ1) is 10.2. The fraction of sp³-hybridized carbons (Fsp3) is 0.294. The molecular formula is C17H16N2O2. The van der Waals surface area contributed by atoms with Gasteiger partial charge in [0, 0.05) is 13.6 Å². The Bertz CT molecular complexity index is 768. The summed E-state index contributed by atoms with van der Waals surface area (Å²) in [6.45, 7) is 0.676. The minimum atomic E-state index is -0.294. The van der Waals surface area contributed by atoms with Crippen molar-refractivity contribution >= 4 is 28.3 Å². The van der Waals surface area contributed by atoms with E-state index in [-0.39, 0.29) is 17.9 Å². The number of carbonyl (C=O) groups excluding carboxylic acids is 2. The van der Waals surface area contributed by atoms with Crippen LogP contribution in [0.3, 0.4) is 0 Å². The smallest absolute Gasteiger partial charge is 0.256 e. The molecule has 106 valence electrons. The summed E-state index contributed by atoms with van der Waals surface area (Å²) in [6.07, 6.45) is 1.67. The molecule has 0 N–H and O–H groups in total. The van der Waals surface area contributed by atoms with Gasteiger partial charge >= 0.3 is 0 Å². The molecule has 21 heavy (non-hydrogen) atoms. The summed E-state index contributed by atoms with van der Waals surface area (Å²) < 4.78 is 0. The Kier molecular flexibility index (Phi) is 2.55. The van der Waals surface area contributed by atoms with Gasteiger partial charge in [-0.3, -0.25) is 9.59 Å². The van der Waals surface area contributed by atoms with Crippen LogP contribution in [0.1, 0.15) is 23.2 Å². The van der Waals surface area contributed by atoms with Gasteiger partial charge in [-0.2, -0.15) is 0 Å². The molecule has 0 bridgehead atoms. The van der Waals surface area contributed by atoms with Crippen LogP contribution in [-0.4, -0.2) is 36.3 Å². The molecule has 1 saturated heterocycles. The molecule has 1 fully saturated rings. The Morgan fingerprint density at radius 3 is 2.57 bits per heavy atom. The Morgan fingerprint density at radius 1 is 1.10 bits per heavy atom. The van der Waals surface area contributed by atoms with E-state index in [1.54, 1.807) is 16.8 Å². The van der Waals surface area contributed by atoms with E-state index in [9.17, 15) is 9.59 Å². The van der Waals surface area contributed by atoms with Crippen LogP contribution in [0.2, 0.25) is 0 Å². The van der Waals surface area contributed by atoms with Gasteiger partial charge in [0.25, 0.3) is 5.91 Å². The molecule has 0 radical (unpaired) electrons. The highest BCUT2D eigenvalue weighted by molar-refractivity contribution is 6.13. The second-order valence-electron chi connectivity index (χ2n) is 5.77. The van der Waals surface area contributed by atoms with E-state index in [4.69, 9.17) is 0 Å². The Balaban J connectivity index is 1.98. The fourth-order valence-electron chi connectivity index (χ4n) is 3.44. The molecule has 2 aromatic rings. The largest absolute Gasteiger partial charge is 0.327 e. The molecule has 0 spiro atoms. The van der Waals surface area contributed by atoms with E-state index >= 15 is 0 Å². The average molecular weight is 280 g/mol.